The summed E-state index contributed by atoms with van der Waals surface area (Å²) in [6.45, 7) is 9.71. The lowest BCUT2D eigenvalue weighted by molar-refractivity contribution is 0.0647. The molecule has 0 radical (unpaired) electrons. The summed E-state index contributed by atoms with van der Waals surface area (Å²) in [5.41, 5.74) is 0.788. The molecule has 0 bridgehead atoms. The maximum Gasteiger partial charge on any atom is 0.291 e. The summed E-state index contributed by atoms with van der Waals surface area (Å²) in [5.74, 6) is 1.81. The summed E-state index contributed by atoms with van der Waals surface area (Å²) < 4.78 is 5.52. The van der Waals surface area contributed by atoms with Gasteiger partial charge in [-0.1, -0.05) is 20.8 Å². The fraction of sp³-hybridized carbons (Fsp3) is 0.714. The molecule has 18 heavy (non-hydrogen) atoms. The lowest BCUT2D eigenvalue weighted by Gasteiger charge is -2.30. The molecule has 0 spiro atoms. The fourth-order valence-electron chi connectivity index (χ4n) is 2.51. The van der Waals surface area contributed by atoms with Crippen LogP contribution in [0.2, 0.25) is 0 Å². The number of carbonyl (C=O) groups excluding carboxylic acids is 1. The smallest absolute Gasteiger partial charge is 0.291 e. The van der Waals surface area contributed by atoms with Crippen molar-refractivity contribution in [1.82, 2.24) is 9.88 Å². The minimum absolute atomic E-state index is 0.00542. The number of oxazole rings is 1. The second-order valence-electron chi connectivity index (χ2n) is 5.60. The Bertz CT molecular complexity index is 437. The van der Waals surface area contributed by atoms with Crippen LogP contribution in [0.3, 0.4) is 0 Å². The van der Waals surface area contributed by atoms with Gasteiger partial charge < -0.3 is 9.32 Å². The number of carbonyl (C=O) groups is 1. The Kier molecular flexibility index (Phi) is 3.73. The monoisotopic (exact) mass is 250 g/mol. The Morgan fingerprint density at radius 2 is 2.22 bits per heavy atom. The zero-order valence-corrected chi connectivity index (χ0v) is 11.7. The maximum absolute atomic E-state index is 12.5. The van der Waals surface area contributed by atoms with Crippen molar-refractivity contribution in [3.8, 4) is 0 Å². The third kappa shape index (κ3) is 2.57. The van der Waals surface area contributed by atoms with E-state index < -0.39 is 0 Å². The van der Waals surface area contributed by atoms with E-state index in [1.54, 1.807) is 6.92 Å². The zero-order valence-electron chi connectivity index (χ0n) is 11.7. The van der Waals surface area contributed by atoms with E-state index in [1.165, 1.54) is 6.42 Å². The molecular formula is C14H22N2O2. The Labute approximate surface area is 108 Å². The van der Waals surface area contributed by atoms with Gasteiger partial charge in [-0.15, -0.1) is 0 Å². The van der Waals surface area contributed by atoms with Crippen molar-refractivity contribution < 1.29 is 9.21 Å². The predicted molar refractivity (Wildman–Crippen MR) is 69.6 cm³/mol. The van der Waals surface area contributed by atoms with Crippen molar-refractivity contribution >= 4 is 5.91 Å². The lowest BCUT2D eigenvalue weighted by atomic mass is 9.99. The van der Waals surface area contributed by atoms with Crippen molar-refractivity contribution in [2.24, 2.45) is 5.92 Å². The molecule has 1 aliphatic heterocycles. The van der Waals surface area contributed by atoms with Crippen LogP contribution in [0.5, 0.6) is 0 Å². The summed E-state index contributed by atoms with van der Waals surface area (Å²) in [6, 6.07) is 0. The average Bonchev–Trinajstić information content (AvgIpc) is 2.70. The summed E-state index contributed by atoms with van der Waals surface area (Å²) in [5, 5.41) is 0. The first kappa shape index (κ1) is 13.1. The summed E-state index contributed by atoms with van der Waals surface area (Å²) in [4.78, 5) is 18.7. The molecule has 4 heteroatoms. The summed E-state index contributed by atoms with van der Waals surface area (Å²) in [6.07, 6.45) is 2.29. The molecule has 2 heterocycles. The minimum atomic E-state index is 0.00542. The molecule has 1 aromatic rings. The van der Waals surface area contributed by atoms with Gasteiger partial charge in [0, 0.05) is 20.0 Å². The molecule has 100 valence electrons. The maximum atomic E-state index is 12.5. The minimum Gasteiger partial charge on any atom is -0.436 e. The molecule has 1 fully saturated rings. The van der Waals surface area contributed by atoms with Gasteiger partial charge in [-0.2, -0.15) is 0 Å². The van der Waals surface area contributed by atoms with Crippen molar-refractivity contribution in [2.45, 2.75) is 46.5 Å². The van der Waals surface area contributed by atoms with Crippen molar-refractivity contribution in [3.05, 3.63) is 17.3 Å². The molecule has 0 aliphatic carbocycles. The molecular weight excluding hydrogens is 228 g/mol. The standard InChI is InChI=1S/C14H22N2O2/c1-9(2)12-13(18-11(4)15-12)14(17)16-7-5-6-10(3)8-16/h9-10H,5-8H2,1-4H3. The Balaban J connectivity index is 2.22. The number of amides is 1. The Morgan fingerprint density at radius 3 is 2.83 bits per heavy atom. The van der Waals surface area contributed by atoms with Gasteiger partial charge in [-0.25, -0.2) is 4.98 Å². The van der Waals surface area contributed by atoms with Gasteiger partial charge in [0.1, 0.15) is 0 Å². The van der Waals surface area contributed by atoms with Crippen LogP contribution < -0.4 is 0 Å². The van der Waals surface area contributed by atoms with E-state index >= 15 is 0 Å². The number of aryl methyl sites for hydroxylation is 1. The third-order valence-electron chi connectivity index (χ3n) is 3.45. The fourth-order valence-corrected chi connectivity index (χ4v) is 2.51. The first-order valence-electron chi connectivity index (χ1n) is 6.75. The average molecular weight is 250 g/mol. The van der Waals surface area contributed by atoms with Crippen LogP contribution in [0.25, 0.3) is 0 Å². The molecule has 1 atom stereocenters. The van der Waals surface area contributed by atoms with Gasteiger partial charge in [0.25, 0.3) is 5.91 Å². The van der Waals surface area contributed by atoms with Gasteiger partial charge in [0.15, 0.2) is 5.89 Å². The van der Waals surface area contributed by atoms with E-state index in [-0.39, 0.29) is 11.8 Å². The van der Waals surface area contributed by atoms with Crippen LogP contribution in [0.4, 0.5) is 0 Å². The summed E-state index contributed by atoms with van der Waals surface area (Å²) in [7, 11) is 0. The van der Waals surface area contributed by atoms with E-state index in [9.17, 15) is 4.79 Å². The number of rotatable bonds is 2. The number of aromatic nitrogens is 1. The number of nitrogens with zero attached hydrogens (tertiary/aromatic N) is 2. The third-order valence-corrected chi connectivity index (χ3v) is 3.45. The normalized spacial score (nSPS) is 20.5. The number of piperidine rings is 1. The van der Waals surface area contributed by atoms with Gasteiger partial charge in [-0.05, 0) is 24.7 Å². The first-order chi connectivity index (χ1) is 8.49. The van der Waals surface area contributed by atoms with Crippen molar-refractivity contribution in [2.75, 3.05) is 13.1 Å². The number of likely N-dealkylation sites (tertiary alicyclic amines) is 1. The Morgan fingerprint density at radius 1 is 1.50 bits per heavy atom. The van der Waals surface area contributed by atoms with E-state index in [0.717, 1.165) is 25.2 Å². The predicted octanol–water partition coefficient (Wildman–Crippen LogP) is 2.98. The second-order valence-corrected chi connectivity index (χ2v) is 5.60. The molecule has 1 aromatic heterocycles. The van der Waals surface area contributed by atoms with E-state index in [0.29, 0.717) is 17.6 Å². The molecule has 0 N–H and O–H groups in total. The van der Waals surface area contributed by atoms with Crippen LogP contribution in [-0.2, 0) is 0 Å². The van der Waals surface area contributed by atoms with Gasteiger partial charge in [0.05, 0.1) is 5.69 Å². The number of hydrogen-bond acceptors (Lipinski definition) is 3. The molecule has 1 unspecified atom stereocenters. The molecule has 1 aliphatic rings. The second kappa shape index (κ2) is 5.12. The highest BCUT2D eigenvalue weighted by Gasteiger charge is 2.28. The molecule has 2 rings (SSSR count). The van der Waals surface area contributed by atoms with Gasteiger partial charge in [-0.3, -0.25) is 4.79 Å². The van der Waals surface area contributed by atoms with Crippen LogP contribution in [0.15, 0.2) is 4.42 Å². The van der Waals surface area contributed by atoms with E-state index in [1.807, 2.05) is 18.7 Å². The van der Waals surface area contributed by atoms with E-state index in [4.69, 9.17) is 4.42 Å². The van der Waals surface area contributed by atoms with Crippen LogP contribution in [0, 0.1) is 12.8 Å². The highest BCUT2D eigenvalue weighted by Crippen LogP contribution is 2.24. The quantitative estimate of drug-likeness (QED) is 0.810. The first-order valence-corrected chi connectivity index (χ1v) is 6.75. The van der Waals surface area contributed by atoms with E-state index in [2.05, 4.69) is 11.9 Å². The molecule has 0 saturated carbocycles. The van der Waals surface area contributed by atoms with Gasteiger partial charge in [0.2, 0.25) is 5.76 Å². The number of hydrogen-bond donors (Lipinski definition) is 0. The Hall–Kier alpha value is -1.32. The van der Waals surface area contributed by atoms with Crippen molar-refractivity contribution in [3.63, 3.8) is 0 Å². The molecule has 1 amide bonds. The largest absolute Gasteiger partial charge is 0.436 e. The lowest BCUT2D eigenvalue weighted by Crippen LogP contribution is -2.39. The topological polar surface area (TPSA) is 46.3 Å². The SMILES string of the molecule is Cc1nc(C(C)C)c(C(=O)N2CCCC(C)C2)o1. The van der Waals surface area contributed by atoms with Crippen LogP contribution in [0.1, 0.15) is 61.7 Å². The highest BCUT2D eigenvalue weighted by molar-refractivity contribution is 5.92. The highest BCUT2D eigenvalue weighted by atomic mass is 16.4. The zero-order chi connectivity index (χ0) is 13.3. The molecule has 4 nitrogen and oxygen atoms in total. The van der Waals surface area contributed by atoms with Gasteiger partial charge >= 0.3 is 0 Å². The summed E-state index contributed by atoms with van der Waals surface area (Å²) >= 11 is 0. The van der Waals surface area contributed by atoms with Crippen LogP contribution in [-0.4, -0.2) is 28.9 Å². The molecule has 0 aromatic carbocycles. The molecule has 1 saturated heterocycles. The van der Waals surface area contributed by atoms with Crippen molar-refractivity contribution in [1.29, 1.82) is 0 Å². The van der Waals surface area contributed by atoms with Crippen LogP contribution >= 0.6 is 0 Å².